The van der Waals surface area contributed by atoms with E-state index in [2.05, 4.69) is 6.07 Å². The van der Waals surface area contributed by atoms with Crippen molar-refractivity contribution >= 4 is 46.5 Å². The molecule has 2 rings (SSSR count). The molecule has 0 fully saturated rings. The molecule has 19 heavy (non-hydrogen) atoms. The summed E-state index contributed by atoms with van der Waals surface area (Å²) in [5.41, 5.74) is 2.16. The van der Waals surface area contributed by atoms with Crippen LogP contribution in [0.15, 0.2) is 42.5 Å². The normalized spacial score (nSPS) is 11.2. The van der Waals surface area contributed by atoms with Crippen molar-refractivity contribution in [1.82, 2.24) is 0 Å². The summed E-state index contributed by atoms with van der Waals surface area (Å²) >= 11 is 17.6. The molecule has 0 saturated heterocycles. The lowest BCUT2D eigenvalue weighted by Crippen LogP contribution is -1.82. The summed E-state index contributed by atoms with van der Waals surface area (Å²) in [5, 5.41) is 10.8. The van der Waals surface area contributed by atoms with Crippen LogP contribution >= 0.6 is 34.8 Å². The second-order valence-electron chi connectivity index (χ2n) is 3.85. The Morgan fingerprint density at radius 2 is 1.63 bits per heavy atom. The standard InChI is InChI=1S/C15H8Cl3N/c16-13-4-2-11(3-5-13)12(9-19)7-10-1-6-14(17)15(18)8-10/h1-8H. The third-order valence-electron chi connectivity index (χ3n) is 2.53. The first-order valence-corrected chi connectivity index (χ1v) is 6.56. The maximum atomic E-state index is 9.22. The van der Waals surface area contributed by atoms with Crippen molar-refractivity contribution < 1.29 is 0 Å². The number of allylic oxidation sites excluding steroid dienone is 1. The van der Waals surface area contributed by atoms with Gasteiger partial charge in [0.15, 0.2) is 0 Å². The molecule has 0 heterocycles. The Hall–Kier alpha value is -1.46. The van der Waals surface area contributed by atoms with Gasteiger partial charge >= 0.3 is 0 Å². The molecule has 0 atom stereocenters. The predicted molar refractivity (Wildman–Crippen MR) is 81.4 cm³/mol. The van der Waals surface area contributed by atoms with E-state index in [9.17, 15) is 5.26 Å². The van der Waals surface area contributed by atoms with E-state index < -0.39 is 0 Å². The smallest absolute Gasteiger partial charge is 0.0998 e. The lowest BCUT2D eigenvalue weighted by molar-refractivity contribution is 1.52. The zero-order chi connectivity index (χ0) is 13.8. The second kappa shape index (κ2) is 6.12. The molecular formula is C15H8Cl3N. The van der Waals surface area contributed by atoms with Crippen LogP contribution in [0.2, 0.25) is 15.1 Å². The Morgan fingerprint density at radius 3 is 2.21 bits per heavy atom. The summed E-state index contributed by atoms with van der Waals surface area (Å²) in [4.78, 5) is 0. The van der Waals surface area contributed by atoms with Gasteiger partial charge in [-0.3, -0.25) is 0 Å². The van der Waals surface area contributed by atoms with Gasteiger partial charge < -0.3 is 0 Å². The molecule has 0 aliphatic heterocycles. The number of nitrogens with zero attached hydrogens (tertiary/aromatic N) is 1. The van der Waals surface area contributed by atoms with Crippen LogP contribution < -0.4 is 0 Å². The Labute approximate surface area is 126 Å². The first-order chi connectivity index (χ1) is 9.10. The van der Waals surface area contributed by atoms with Crippen LogP contribution in [-0.2, 0) is 0 Å². The molecule has 2 aromatic rings. The molecule has 0 bridgehead atoms. The van der Waals surface area contributed by atoms with E-state index in [1.807, 2.05) is 6.07 Å². The van der Waals surface area contributed by atoms with Gasteiger partial charge in [0.25, 0.3) is 0 Å². The molecule has 0 aromatic heterocycles. The van der Waals surface area contributed by atoms with Gasteiger partial charge in [-0.25, -0.2) is 0 Å². The largest absolute Gasteiger partial charge is 0.192 e. The van der Waals surface area contributed by atoms with E-state index in [1.54, 1.807) is 42.5 Å². The van der Waals surface area contributed by atoms with Gasteiger partial charge in [0.2, 0.25) is 0 Å². The van der Waals surface area contributed by atoms with Crippen LogP contribution in [0, 0.1) is 11.3 Å². The fraction of sp³-hybridized carbons (Fsp3) is 0. The number of benzene rings is 2. The van der Waals surface area contributed by atoms with Crippen molar-refractivity contribution in [2.24, 2.45) is 0 Å². The Morgan fingerprint density at radius 1 is 0.947 bits per heavy atom. The summed E-state index contributed by atoms with van der Waals surface area (Å²) in [7, 11) is 0. The molecule has 0 unspecified atom stereocenters. The SMILES string of the molecule is N#CC(=Cc1ccc(Cl)c(Cl)c1)c1ccc(Cl)cc1. The number of rotatable bonds is 2. The lowest BCUT2D eigenvalue weighted by atomic mass is 10.0. The summed E-state index contributed by atoms with van der Waals surface area (Å²) in [6.07, 6.45) is 1.76. The van der Waals surface area contributed by atoms with E-state index >= 15 is 0 Å². The van der Waals surface area contributed by atoms with E-state index in [4.69, 9.17) is 34.8 Å². The van der Waals surface area contributed by atoms with Crippen molar-refractivity contribution in [3.63, 3.8) is 0 Å². The highest BCUT2D eigenvalue weighted by Gasteiger charge is 2.03. The van der Waals surface area contributed by atoms with Crippen LogP contribution in [0.4, 0.5) is 0 Å². The highest BCUT2D eigenvalue weighted by molar-refractivity contribution is 6.42. The number of hydrogen-bond donors (Lipinski definition) is 0. The molecule has 0 spiro atoms. The van der Waals surface area contributed by atoms with Gasteiger partial charge in [-0.2, -0.15) is 5.26 Å². The number of halogens is 3. The summed E-state index contributed by atoms with van der Waals surface area (Å²) < 4.78 is 0. The highest BCUT2D eigenvalue weighted by Crippen LogP contribution is 2.25. The van der Waals surface area contributed by atoms with Gasteiger partial charge in [-0.15, -0.1) is 0 Å². The van der Waals surface area contributed by atoms with Crippen molar-refractivity contribution in [3.05, 3.63) is 68.7 Å². The van der Waals surface area contributed by atoms with Crippen LogP contribution in [0.1, 0.15) is 11.1 Å². The zero-order valence-electron chi connectivity index (χ0n) is 9.70. The minimum absolute atomic E-state index is 0.462. The first kappa shape index (κ1) is 14.0. The van der Waals surface area contributed by atoms with Crippen molar-refractivity contribution in [2.45, 2.75) is 0 Å². The minimum Gasteiger partial charge on any atom is -0.192 e. The van der Waals surface area contributed by atoms with Gasteiger partial charge in [-0.05, 0) is 41.5 Å². The maximum Gasteiger partial charge on any atom is 0.0998 e. The van der Waals surface area contributed by atoms with Crippen molar-refractivity contribution in [1.29, 1.82) is 5.26 Å². The topological polar surface area (TPSA) is 23.8 Å². The molecule has 4 heteroatoms. The molecule has 0 amide bonds. The van der Waals surface area contributed by atoms with Crippen LogP contribution in [0.5, 0.6) is 0 Å². The molecule has 0 N–H and O–H groups in total. The first-order valence-electron chi connectivity index (χ1n) is 5.43. The summed E-state index contributed by atoms with van der Waals surface area (Å²) in [6, 6.07) is 14.5. The van der Waals surface area contributed by atoms with Gasteiger partial charge in [-0.1, -0.05) is 53.0 Å². The Balaban J connectivity index is 2.41. The van der Waals surface area contributed by atoms with Crippen molar-refractivity contribution in [2.75, 3.05) is 0 Å². The summed E-state index contributed by atoms with van der Waals surface area (Å²) in [5.74, 6) is 0. The minimum atomic E-state index is 0.462. The number of hydrogen-bond acceptors (Lipinski definition) is 1. The van der Waals surface area contributed by atoms with E-state index in [0.29, 0.717) is 20.6 Å². The Bertz CT molecular complexity index is 667. The predicted octanol–water partition coefficient (Wildman–Crippen LogP) is 5.71. The number of nitriles is 1. The van der Waals surface area contributed by atoms with Crippen molar-refractivity contribution in [3.8, 4) is 6.07 Å². The van der Waals surface area contributed by atoms with Crippen LogP contribution in [0.25, 0.3) is 11.6 Å². The molecule has 0 saturated carbocycles. The maximum absolute atomic E-state index is 9.22. The highest BCUT2D eigenvalue weighted by atomic mass is 35.5. The average molecular weight is 309 g/mol. The van der Waals surface area contributed by atoms with Crippen LogP contribution in [-0.4, -0.2) is 0 Å². The quantitative estimate of drug-likeness (QED) is 0.515. The molecule has 2 aromatic carbocycles. The molecule has 0 aliphatic carbocycles. The van der Waals surface area contributed by atoms with Gasteiger partial charge in [0, 0.05) is 5.02 Å². The van der Waals surface area contributed by atoms with Gasteiger partial charge in [0.05, 0.1) is 21.7 Å². The fourth-order valence-electron chi connectivity index (χ4n) is 1.58. The molecule has 0 radical (unpaired) electrons. The molecule has 1 nitrogen and oxygen atoms in total. The van der Waals surface area contributed by atoms with Gasteiger partial charge in [0.1, 0.15) is 0 Å². The summed E-state index contributed by atoms with van der Waals surface area (Å²) in [6.45, 7) is 0. The second-order valence-corrected chi connectivity index (χ2v) is 5.10. The van der Waals surface area contributed by atoms with E-state index in [-0.39, 0.29) is 0 Å². The van der Waals surface area contributed by atoms with E-state index in [1.165, 1.54) is 0 Å². The third-order valence-corrected chi connectivity index (χ3v) is 3.52. The zero-order valence-corrected chi connectivity index (χ0v) is 12.0. The average Bonchev–Trinajstić information content (AvgIpc) is 2.41. The molecule has 0 aliphatic rings. The monoisotopic (exact) mass is 307 g/mol. The lowest BCUT2D eigenvalue weighted by Gasteiger charge is -2.01. The molecule has 94 valence electrons. The molecular weight excluding hydrogens is 301 g/mol. The van der Waals surface area contributed by atoms with E-state index in [0.717, 1.165) is 11.1 Å². The fourth-order valence-corrected chi connectivity index (χ4v) is 2.01. The third kappa shape index (κ3) is 3.52. The van der Waals surface area contributed by atoms with Crippen LogP contribution in [0.3, 0.4) is 0 Å². The Kier molecular flexibility index (Phi) is 4.50.